The molecule has 0 amide bonds. The minimum absolute atomic E-state index is 0.222. The maximum Gasteiger partial charge on any atom is 0.144 e. The number of nitrogens with one attached hydrogen (secondary N) is 1. The molecule has 1 nitrogen and oxygen atoms in total. The fraction of sp³-hybridized carbons (Fsp3) is 0.571. The van der Waals surface area contributed by atoms with Gasteiger partial charge in [0.1, 0.15) is 5.82 Å². The Bertz CT molecular complexity index is 341. The molecule has 1 atom stereocenters. The van der Waals surface area contributed by atoms with Crippen molar-refractivity contribution in [3.05, 3.63) is 34.6 Å². The van der Waals surface area contributed by atoms with Crippen molar-refractivity contribution in [3.63, 3.8) is 0 Å². The lowest BCUT2D eigenvalue weighted by atomic mass is 10.0. The van der Waals surface area contributed by atoms with E-state index in [1.165, 1.54) is 0 Å². The molecule has 0 aliphatic carbocycles. The smallest absolute Gasteiger partial charge is 0.144 e. The summed E-state index contributed by atoms with van der Waals surface area (Å²) in [4.78, 5) is 0. The summed E-state index contributed by atoms with van der Waals surface area (Å²) < 4.78 is 13.6. The predicted molar refractivity (Wildman–Crippen MR) is 72.1 cm³/mol. The van der Waals surface area contributed by atoms with Crippen LogP contribution >= 0.6 is 11.6 Å². The first-order valence-electron chi connectivity index (χ1n) is 6.28. The normalized spacial score (nSPS) is 12.7. The molecule has 3 heteroatoms. The summed E-state index contributed by atoms with van der Waals surface area (Å²) in [6.45, 7) is 6.38. The van der Waals surface area contributed by atoms with Gasteiger partial charge in [-0.3, -0.25) is 0 Å². The summed E-state index contributed by atoms with van der Waals surface area (Å²) >= 11 is 5.74. The summed E-state index contributed by atoms with van der Waals surface area (Å²) in [5, 5.41) is 3.60. The van der Waals surface area contributed by atoms with Crippen LogP contribution < -0.4 is 5.32 Å². The Kier molecular flexibility index (Phi) is 6.53. The standard InChI is InChI=1S/C14H21ClFN/c1-3-9-17-10-11(2)7-8-12-5-4-6-13(15)14(12)16/h4-6,11,17H,3,7-10H2,1-2H3. The highest BCUT2D eigenvalue weighted by atomic mass is 35.5. The SMILES string of the molecule is CCCNCC(C)CCc1cccc(Cl)c1F. The second-order valence-corrected chi connectivity index (χ2v) is 4.97. The zero-order valence-electron chi connectivity index (χ0n) is 10.6. The molecule has 0 saturated carbocycles. The second-order valence-electron chi connectivity index (χ2n) is 4.56. The van der Waals surface area contributed by atoms with Crippen LogP contribution in [0.5, 0.6) is 0 Å². The van der Waals surface area contributed by atoms with Crippen molar-refractivity contribution in [1.29, 1.82) is 0 Å². The van der Waals surface area contributed by atoms with Gasteiger partial charge in [0, 0.05) is 0 Å². The lowest BCUT2D eigenvalue weighted by Crippen LogP contribution is -2.22. The minimum Gasteiger partial charge on any atom is -0.316 e. The lowest BCUT2D eigenvalue weighted by Gasteiger charge is -2.12. The summed E-state index contributed by atoms with van der Waals surface area (Å²) in [6, 6.07) is 5.21. The van der Waals surface area contributed by atoms with E-state index in [1.54, 1.807) is 12.1 Å². The molecule has 1 rings (SSSR count). The Morgan fingerprint density at radius 3 is 2.88 bits per heavy atom. The van der Waals surface area contributed by atoms with Crippen LogP contribution in [0.3, 0.4) is 0 Å². The van der Waals surface area contributed by atoms with Crippen molar-refractivity contribution in [2.24, 2.45) is 5.92 Å². The number of aryl methyl sites for hydroxylation is 1. The first-order valence-corrected chi connectivity index (χ1v) is 6.66. The molecular weight excluding hydrogens is 237 g/mol. The predicted octanol–water partition coefficient (Wildman–Crippen LogP) is 4.05. The van der Waals surface area contributed by atoms with Crippen LogP contribution in [-0.2, 0) is 6.42 Å². The quantitative estimate of drug-likeness (QED) is 0.727. The Balaban J connectivity index is 2.37. The third kappa shape index (κ3) is 5.05. The molecule has 0 saturated heterocycles. The molecule has 0 aliphatic heterocycles. The summed E-state index contributed by atoms with van der Waals surface area (Å²) in [5.41, 5.74) is 0.722. The number of halogens is 2. The van der Waals surface area contributed by atoms with Gasteiger partial charge < -0.3 is 5.32 Å². The van der Waals surface area contributed by atoms with Crippen molar-refractivity contribution < 1.29 is 4.39 Å². The Hall–Kier alpha value is -0.600. The molecule has 0 aliphatic rings. The summed E-state index contributed by atoms with van der Waals surface area (Å²) in [5.74, 6) is 0.294. The van der Waals surface area contributed by atoms with E-state index in [2.05, 4.69) is 19.2 Å². The fourth-order valence-corrected chi connectivity index (χ4v) is 1.96. The first kappa shape index (κ1) is 14.5. The van der Waals surface area contributed by atoms with Crippen molar-refractivity contribution >= 4 is 11.6 Å². The van der Waals surface area contributed by atoms with E-state index in [0.29, 0.717) is 5.92 Å². The Morgan fingerprint density at radius 2 is 2.18 bits per heavy atom. The average Bonchev–Trinajstić information content (AvgIpc) is 2.31. The minimum atomic E-state index is -0.261. The van der Waals surface area contributed by atoms with Gasteiger partial charge in [-0.15, -0.1) is 0 Å². The third-order valence-corrected chi connectivity index (χ3v) is 3.15. The Labute approximate surface area is 108 Å². The molecule has 1 aromatic rings. The molecule has 0 aromatic heterocycles. The molecule has 0 bridgehead atoms. The summed E-state index contributed by atoms with van der Waals surface area (Å²) in [6.07, 6.45) is 2.88. The fourth-order valence-electron chi connectivity index (χ4n) is 1.77. The van der Waals surface area contributed by atoms with Gasteiger partial charge in [-0.1, -0.05) is 37.6 Å². The van der Waals surface area contributed by atoms with Crippen LogP contribution in [0.4, 0.5) is 4.39 Å². The van der Waals surface area contributed by atoms with E-state index in [1.807, 2.05) is 6.07 Å². The van der Waals surface area contributed by atoms with Gasteiger partial charge in [0.15, 0.2) is 0 Å². The largest absolute Gasteiger partial charge is 0.316 e. The molecule has 0 heterocycles. The van der Waals surface area contributed by atoms with Crippen LogP contribution in [0.2, 0.25) is 5.02 Å². The molecule has 1 unspecified atom stereocenters. The topological polar surface area (TPSA) is 12.0 Å². The van der Waals surface area contributed by atoms with Gasteiger partial charge in [0.25, 0.3) is 0 Å². The third-order valence-electron chi connectivity index (χ3n) is 2.86. The second kappa shape index (κ2) is 7.67. The highest BCUT2D eigenvalue weighted by Gasteiger charge is 2.08. The maximum absolute atomic E-state index is 13.6. The first-order chi connectivity index (χ1) is 8.15. The molecule has 96 valence electrons. The van der Waals surface area contributed by atoms with Crippen LogP contribution in [0.1, 0.15) is 32.3 Å². The molecule has 0 spiro atoms. The number of benzene rings is 1. The van der Waals surface area contributed by atoms with E-state index in [9.17, 15) is 4.39 Å². The van der Waals surface area contributed by atoms with E-state index >= 15 is 0 Å². The highest BCUT2D eigenvalue weighted by molar-refractivity contribution is 6.30. The molecule has 1 N–H and O–H groups in total. The molecule has 0 radical (unpaired) electrons. The molecule has 1 aromatic carbocycles. The average molecular weight is 258 g/mol. The van der Waals surface area contributed by atoms with E-state index < -0.39 is 0 Å². The van der Waals surface area contributed by atoms with Crippen LogP contribution in [-0.4, -0.2) is 13.1 Å². The Morgan fingerprint density at radius 1 is 1.41 bits per heavy atom. The van der Waals surface area contributed by atoms with Gasteiger partial charge in [0.2, 0.25) is 0 Å². The number of rotatable bonds is 7. The monoisotopic (exact) mass is 257 g/mol. The van der Waals surface area contributed by atoms with Crippen molar-refractivity contribution in [1.82, 2.24) is 5.32 Å². The van der Waals surface area contributed by atoms with Gasteiger partial charge in [-0.2, -0.15) is 0 Å². The van der Waals surface area contributed by atoms with Gasteiger partial charge in [0.05, 0.1) is 5.02 Å². The van der Waals surface area contributed by atoms with Gasteiger partial charge in [-0.05, 0) is 49.9 Å². The van der Waals surface area contributed by atoms with E-state index in [0.717, 1.165) is 37.9 Å². The van der Waals surface area contributed by atoms with Crippen LogP contribution in [0.15, 0.2) is 18.2 Å². The van der Waals surface area contributed by atoms with Crippen molar-refractivity contribution in [2.45, 2.75) is 33.1 Å². The molecule has 17 heavy (non-hydrogen) atoms. The summed E-state index contributed by atoms with van der Waals surface area (Å²) in [7, 11) is 0. The lowest BCUT2D eigenvalue weighted by molar-refractivity contribution is 0.476. The number of hydrogen-bond donors (Lipinski definition) is 1. The number of hydrogen-bond acceptors (Lipinski definition) is 1. The van der Waals surface area contributed by atoms with E-state index in [4.69, 9.17) is 11.6 Å². The van der Waals surface area contributed by atoms with Gasteiger partial charge in [-0.25, -0.2) is 4.39 Å². The molecule has 0 fully saturated rings. The zero-order valence-corrected chi connectivity index (χ0v) is 11.4. The van der Waals surface area contributed by atoms with E-state index in [-0.39, 0.29) is 10.8 Å². The van der Waals surface area contributed by atoms with Gasteiger partial charge >= 0.3 is 0 Å². The van der Waals surface area contributed by atoms with Crippen LogP contribution in [0.25, 0.3) is 0 Å². The van der Waals surface area contributed by atoms with Crippen LogP contribution in [0, 0.1) is 11.7 Å². The van der Waals surface area contributed by atoms with Crippen molar-refractivity contribution in [2.75, 3.05) is 13.1 Å². The zero-order chi connectivity index (χ0) is 12.7. The highest BCUT2D eigenvalue weighted by Crippen LogP contribution is 2.20. The maximum atomic E-state index is 13.6. The van der Waals surface area contributed by atoms with Crippen molar-refractivity contribution in [3.8, 4) is 0 Å². The molecular formula is C14H21ClFN.